The van der Waals surface area contributed by atoms with E-state index in [0.29, 0.717) is 0 Å². The van der Waals surface area contributed by atoms with E-state index < -0.39 is 149 Å². The molecule has 4 heterocycles. The van der Waals surface area contributed by atoms with Gasteiger partial charge >= 0.3 is 0 Å². The highest BCUT2D eigenvalue weighted by molar-refractivity contribution is 4.97. The summed E-state index contributed by atoms with van der Waals surface area (Å²) in [5.74, 6) is 0. The second-order valence-electron chi connectivity index (χ2n) is 11.1. The lowest BCUT2D eigenvalue weighted by molar-refractivity contribution is -0.388. The van der Waals surface area contributed by atoms with Crippen molar-refractivity contribution in [2.45, 2.75) is 123 Å². The van der Waals surface area contributed by atoms with Gasteiger partial charge in [0.25, 0.3) is 0 Å². The zero-order valence-corrected chi connectivity index (χ0v) is 23.5. The van der Waals surface area contributed by atoms with Gasteiger partial charge in [-0.2, -0.15) is 0 Å². The fourth-order valence-electron chi connectivity index (χ4n) is 5.54. The molecule has 0 radical (unpaired) electrons. The van der Waals surface area contributed by atoms with Crippen molar-refractivity contribution in [3.05, 3.63) is 0 Å². The lowest BCUT2D eigenvalue weighted by Gasteiger charge is -2.49. The molecule has 0 aromatic rings. The van der Waals surface area contributed by atoms with E-state index in [-0.39, 0.29) is 0 Å². The Balaban J connectivity index is 1.48. The summed E-state index contributed by atoms with van der Waals surface area (Å²) in [6.07, 6.45) is -35.6. The van der Waals surface area contributed by atoms with Crippen LogP contribution in [0.4, 0.5) is 0 Å². The maximum absolute atomic E-state index is 11.0. The molecule has 264 valence electrons. The highest BCUT2D eigenvalue weighted by atomic mass is 16.8. The van der Waals surface area contributed by atoms with Gasteiger partial charge in [0.1, 0.15) is 97.7 Å². The van der Waals surface area contributed by atoms with Gasteiger partial charge in [-0.15, -0.1) is 0 Å². The number of rotatable bonds is 10. The number of ether oxygens (including phenoxy) is 7. The Bertz CT molecular complexity index is 912. The van der Waals surface area contributed by atoms with Crippen molar-refractivity contribution in [2.75, 3.05) is 26.4 Å². The predicted molar refractivity (Wildman–Crippen MR) is 134 cm³/mol. The van der Waals surface area contributed by atoms with Crippen molar-refractivity contribution in [3.8, 4) is 0 Å². The molecule has 4 saturated heterocycles. The van der Waals surface area contributed by atoms with Gasteiger partial charge in [-0.1, -0.05) is 0 Å². The molecule has 0 aromatic heterocycles. The minimum atomic E-state index is -2.02. The Morgan fingerprint density at radius 1 is 0.333 bits per heavy atom. The van der Waals surface area contributed by atoms with Crippen LogP contribution in [0, 0.1) is 0 Å². The van der Waals surface area contributed by atoms with E-state index in [2.05, 4.69) is 0 Å². The number of hydrogen-bond acceptors (Lipinski definition) is 21. The normalized spacial score (nSPS) is 52.9. The first kappa shape index (κ1) is 37.0. The van der Waals surface area contributed by atoms with Gasteiger partial charge in [0.05, 0.1) is 26.4 Å². The van der Waals surface area contributed by atoms with Crippen molar-refractivity contribution in [2.24, 2.45) is 0 Å². The maximum atomic E-state index is 11.0. The smallest absolute Gasteiger partial charge is 0.187 e. The monoisotopic (exact) mass is 666 g/mol. The molecule has 4 aliphatic heterocycles. The van der Waals surface area contributed by atoms with Gasteiger partial charge in [-0.3, -0.25) is 0 Å². The third-order valence-electron chi connectivity index (χ3n) is 8.20. The van der Waals surface area contributed by atoms with Gasteiger partial charge in [0, 0.05) is 0 Å². The van der Waals surface area contributed by atoms with Crippen molar-refractivity contribution < 1.29 is 105 Å². The number of aliphatic hydroxyl groups excluding tert-OH is 14. The van der Waals surface area contributed by atoms with Gasteiger partial charge in [0.2, 0.25) is 0 Å². The molecule has 0 bridgehead atoms. The van der Waals surface area contributed by atoms with Crippen LogP contribution in [0.25, 0.3) is 0 Å². The van der Waals surface area contributed by atoms with E-state index in [9.17, 15) is 71.5 Å². The second-order valence-corrected chi connectivity index (χ2v) is 11.1. The first-order chi connectivity index (χ1) is 21.3. The molecule has 0 amide bonds. The van der Waals surface area contributed by atoms with E-state index in [1.54, 1.807) is 0 Å². The highest BCUT2D eigenvalue weighted by Crippen LogP contribution is 2.34. The Hall–Kier alpha value is -0.840. The van der Waals surface area contributed by atoms with Crippen LogP contribution in [-0.4, -0.2) is 221 Å². The Morgan fingerprint density at radius 3 is 1.22 bits per heavy atom. The Labute approximate surface area is 254 Å². The third-order valence-corrected chi connectivity index (χ3v) is 8.20. The fraction of sp³-hybridized carbons (Fsp3) is 1.00. The van der Waals surface area contributed by atoms with Crippen LogP contribution in [0.2, 0.25) is 0 Å². The molecule has 4 aliphatic rings. The molecule has 21 heteroatoms. The molecular formula is C24H42O21. The Kier molecular flexibility index (Phi) is 12.8. The summed E-state index contributed by atoms with van der Waals surface area (Å²) in [5, 5.41) is 142. The van der Waals surface area contributed by atoms with Crippen molar-refractivity contribution in [3.63, 3.8) is 0 Å². The predicted octanol–water partition coefficient (Wildman–Crippen LogP) is -9.75. The molecule has 0 spiro atoms. The Morgan fingerprint density at radius 2 is 0.711 bits per heavy atom. The van der Waals surface area contributed by atoms with E-state index in [0.717, 1.165) is 0 Å². The quantitative estimate of drug-likeness (QED) is 0.103. The molecule has 0 saturated carbocycles. The zero-order chi connectivity index (χ0) is 33.3. The van der Waals surface area contributed by atoms with Crippen molar-refractivity contribution >= 4 is 0 Å². The van der Waals surface area contributed by atoms with Crippen LogP contribution in [-0.2, 0) is 33.2 Å². The van der Waals surface area contributed by atoms with Crippen LogP contribution in [0.1, 0.15) is 0 Å². The lowest BCUT2D eigenvalue weighted by Crippen LogP contribution is -2.67. The van der Waals surface area contributed by atoms with Crippen LogP contribution < -0.4 is 0 Å². The van der Waals surface area contributed by atoms with E-state index >= 15 is 0 Å². The van der Waals surface area contributed by atoms with Gasteiger partial charge in [-0.25, -0.2) is 0 Å². The maximum Gasteiger partial charge on any atom is 0.187 e. The van der Waals surface area contributed by atoms with Crippen molar-refractivity contribution in [1.82, 2.24) is 0 Å². The van der Waals surface area contributed by atoms with E-state index in [1.165, 1.54) is 0 Å². The van der Waals surface area contributed by atoms with Crippen molar-refractivity contribution in [1.29, 1.82) is 0 Å². The SMILES string of the molecule is OC[C@H]1O[C@H](O[C@H]2[C@@H](O)[C@@H](CO)O[C@H](O[C@@H]3[C@H](O)[C@@H](O)[C@H](O[C@H]4[C@H](O)[C@H](O)[C@H](O)O[C@@H]4CO)O[C@@H]3CO)[C@@H]2O)[C@H](O)[C@@H](O)[C@H]1O. The molecule has 4 rings (SSSR count). The standard InChI is InChI=1S/C24H42O21/c25-1-5-9(29)11(31)15(35)22(40-5)45-20-10(30)6(2-26)41-24(17(20)37)44-19-8(4-28)42-23(16(36)13(19)33)43-18-7(3-27)39-21(38)14(34)12(18)32/h5-38H,1-4H2/t5-,6-,7-,8-,9+,10+,11+,12-,13-,14+,15-,16-,17-,18-,19+,20+,21-,22-,23+,24-/m1/s1. The molecule has 14 N–H and O–H groups in total. The third kappa shape index (κ3) is 7.44. The van der Waals surface area contributed by atoms with Crippen LogP contribution in [0.3, 0.4) is 0 Å². The highest BCUT2D eigenvalue weighted by Gasteiger charge is 2.55. The van der Waals surface area contributed by atoms with E-state index in [1.807, 2.05) is 0 Å². The molecule has 21 nitrogen and oxygen atoms in total. The second kappa shape index (κ2) is 15.6. The fourth-order valence-corrected chi connectivity index (χ4v) is 5.54. The minimum Gasteiger partial charge on any atom is -0.394 e. The first-order valence-corrected chi connectivity index (χ1v) is 14.1. The summed E-state index contributed by atoms with van der Waals surface area (Å²) in [6.45, 7) is -3.41. The average Bonchev–Trinajstić information content (AvgIpc) is 3.03. The lowest BCUT2D eigenvalue weighted by atomic mass is 9.95. The summed E-state index contributed by atoms with van der Waals surface area (Å²) < 4.78 is 37.7. The molecular weight excluding hydrogens is 624 g/mol. The summed E-state index contributed by atoms with van der Waals surface area (Å²) in [7, 11) is 0. The molecule has 20 atom stereocenters. The van der Waals surface area contributed by atoms with Gasteiger partial charge in [-0.05, 0) is 0 Å². The van der Waals surface area contributed by atoms with Crippen LogP contribution in [0.5, 0.6) is 0 Å². The molecule has 0 aliphatic carbocycles. The summed E-state index contributed by atoms with van der Waals surface area (Å²) in [5.41, 5.74) is 0. The number of aliphatic hydroxyl groups is 14. The molecule has 0 unspecified atom stereocenters. The van der Waals surface area contributed by atoms with Crippen LogP contribution >= 0.6 is 0 Å². The molecule has 45 heavy (non-hydrogen) atoms. The summed E-state index contributed by atoms with van der Waals surface area (Å²) in [4.78, 5) is 0. The minimum absolute atomic E-state index is 0.806. The van der Waals surface area contributed by atoms with Gasteiger partial charge < -0.3 is 105 Å². The van der Waals surface area contributed by atoms with Crippen LogP contribution in [0.15, 0.2) is 0 Å². The van der Waals surface area contributed by atoms with Gasteiger partial charge in [0.15, 0.2) is 25.2 Å². The average molecular weight is 667 g/mol. The molecule has 4 fully saturated rings. The largest absolute Gasteiger partial charge is 0.394 e. The first-order valence-electron chi connectivity index (χ1n) is 14.1. The summed E-state index contributed by atoms with van der Waals surface area (Å²) in [6, 6.07) is 0. The zero-order valence-electron chi connectivity index (χ0n) is 23.5. The number of hydrogen-bond donors (Lipinski definition) is 14. The molecule has 0 aromatic carbocycles. The summed E-state index contributed by atoms with van der Waals surface area (Å²) >= 11 is 0. The van der Waals surface area contributed by atoms with E-state index in [4.69, 9.17) is 33.2 Å². The topological polar surface area (TPSA) is 348 Å².